The fraction of sp³-hybridized carbons (Fsp3) is 0.174. The summed E-state index contributed by atoms with van der Waals surface area (Å²) in [6.45, 7) is 0.501. The van der Waals surface area contributed by atoms with E-state index >= 15 is 0 Å². The minimum absolute atomic E-state index is 0.112. The molecule has 158 valence electrons. The summed E-state index contributed by atoms with van der Waals surface area (Å²) in [4.78, 5) is 17.6. The van der Waals surface area contributed by atoms with Crippen molar-refractivity contribution in [1.29, 1.82) is 0 Å². The first kappa shape index (κ1) is 20.2. The van der Waals surface area contributed by atoms with Gasteiger partial charge in [0, 0.05) is 6.54 Å². The van der Waals surface area contributed by atoms with Crippen LogP contribution in [0.2, 0.25) is 0 Å². The molecule has 2 aromatic heterocycles. The second-order valence-electron chi connectivity index (χ2n) is 6.75. The smallest absolute Gasteiger partial charge is 0.254 e. The lowest BCUT2D eigenvalue weighted by Gasteiger charge is -2.10. The molecule has 2 aromatic carbocycles. The van der Waals surface area contributed by atoms with E-state index in [9.17, 15) is 4.79 Å². The average Bonchev–Trinajstić information content (AvgIpc) is 3.48. The molecule has 31 heavy (non-hydrogen) atoms. The number of hydrogen-bond donors (Lipinski definition) is 1. The Morgan fingerprint density at radius 2 is 1.81 bits per heavy atom. The molecule has 4 rings (SSSR count). The molecule has 1 N–H and O–H groups in total. The van der Waals surface area contributed by atoms with Gasteiger partial charge in [0.2, 0.25) is 11.8 Å². The number of nitrogens with zero attached hydrogens (tertiary/aromatic N) is 3. The number of aromatic nitrogens is 3. The lowest BCUT2D eigenvalue weighted by atomic mass is 10.1. The normalized spacial score (nSPS) is 10.6. The van der Waals surface area contributed by atoms with Crippen LogP contribution in [0.3, 0.4) is 0 Å². The van der Waals surface area contributed by atoms with E-state index in [-0.39, 0.29) is 12.3 Å². The lowest BCUT2D eigenvalue weighted by Crippen LogP contribution is -2.18. The number of nitrogens with one attached hydrogen (secondary N) is 1. The van der Waals surface area contributed by atoms with Gasteiger partial charge in [0.05, 0.1) is 26.9 Å². The van der Waals surface area contributed by atoms with Crippen molar-refractivity contribution in [2.45, 2.75) is 13.0 Å². The number of anilines is 1. The van der Waals surface area contributed by atoms with E-state index in [1.807, 2.05) is 36.4 Å². The molecule has 4 aromatic rings. The molecule has 0 spiro atoms. The molecule has 0 aliphatic carbocycles. The number of carbonyl (C=O) groups is 1. The topological polar surface area (TPSA) is 91.4 Å². The first-order chi connectivity index (χ1) is 15.2. The number of hydrogen-bond acceptors (Lipinski definition) is 7. The number of carbonyl (C=O) groups excluding carboxylic acids is 1. The molecular formula is C23H22N4O4. The summed E-state index contributed by atoms with van der Waals surface area (Å²) < 4.78 is 17.3. The van der Waals surface area contributed by atoms with Gasteiger partial charge in [-0.15, -0.1) is 5.10 Å². The maximum Gasteiger partial charge on any atom is 0.254 e. The van der Waals surface area contributed by atoms with Crippen molar-refractivity contribution in [3.63, 3.8) is 0 Å². The van der Waals surface area contributed by atoms with Crippen LogP contribution in [0.25, 0.3) is 11.6 Å². The maximum absolute atomic E-state index is 13.1. The molecule has 0 aliphatic heterocycles. The second kappa shape index (κ2) is 9.17. The monoisotopic (exact) mass is 418 g/mol. The fourth-order valence-electron chi connectivity index (χ4n) is 3.13. The highest BCUT2D eigenvalue weighted by atomic mass is 16.5. The van der Waals surface area contributed by atoms with Gasteiger partial charge in [-0.2, -0.15) is 9.67 Å². The molecular weight excluding hydrogens is 396 g/mol. The standard InChI is InChI=1S/C23H22N4O4/c1-29-18-11-10-17(13-20(18)30-2)14-21(28)27-23(24-15-16-7-4-3-5-8-16)25-22(26-27)19-9-6-12-31-19/h3-13H,14-15H2,1-2H3,(H,24,25,26). The summed E-state index contributed by atoms with van der Waals surface area (Å²) in [6.07, 6.45) is 1.65. The van der Waals surface area contributed by atoms with Crippen LogP contribution >= 0.6 is 0 Å². The Morgan fingerprint density at radius 1 is 1.00 bits per heavy atom. The molecule has 0 aliphatic rings. The van der Waals surface area contributed by atoms with E-state index < -0.39 is 0 Å². The van der Waals surface area contributed by atoms with Crippen molar-refractivity contribution in [1.82, 2.24) is 14.8 Å². The first-order valence-electron chi connectivity index (χ1n) is 9.71. The Hall–Kier alpha value is -4.07. The SMILES string of the molecule is COc1ccc(CC(=O)n2nc(-c3ccco3)nc2NCc2ccccc2)cc1OC. The third kappa shape index (κ3) is 4.58. The largest absolute Gasteiger partial charge is 0.493 e. The van der Waals surface area contributed by atoms with Gasteiger partial charge in [0.1, 0.15) is 0 Å². The number of methoxy groups -OCH3 is 2. The molecule has 0 radical (unpaired) electrons. The van der Waals surface area contributed by atoms with Crippen LogP contribution in [-0.4, -0.2) is 34.9 Å². The van der Waals surface area contributed by atoms with Crippen LogP contribution in [0.1, 0.15) is 15.9 Å². The third-order valence-corrected chi connectivity index (χ3v) is 4.68. The molecule has 2 heterocycles. The highest BCUT2D eigenvalue weighted by molar-refractivity contribution is 5.83. The highest BCUT2D eigenvalue weighted by Gasteiger charge is 2.19. The fourth-order valence-corrected chi connectivity index (χ4v) is 3.13. The van der Waals surface area contributed by atoms with Crippen molar-refractivity contribution in [2.24, 2.45) is 0 Å². The van der Waals surface area contributed by atoms with E-state index in [2.05, 4.69) is 15.4 Å². The van der Waals surface area contributed by atoms with Gasteiger partial charge in [0.15, 0.2) is 17.3 Å². The molecule has 8 nitrogen and oxygen atoms in total. The summed E-state index contributed by atoms with van der Waals surface area (Å²) in [5, 5.41) is 7.58. The molecule has 0 saturated carbocycles. The zero-order valence-corrected chi connectivity index (χ0v) is 17.2. The number of rotatable bonds is 8. The van der Waals surface area contributed by atoms with E-state index in [0.29, 0.717) is 35.6 Å². The van der Waals surface area contributed by atoms with E-state index in [1.165, 1.54) is 4.68 Å². The van der Waals surface area contributed by atoms with E-state index in [4.69, 9.17) is 13.9 Å². The Labute approximate surface area is 179 Å². The average molecular weight is 418 g/mol. The third-order valence-electron chi connectivity index (χ3n) is 4.68. The Balaban J connectivity index is 1.60. The van der Waals surface area contributed by atoms with Crippen LogP contribution in [0.4, 0.5) is 5.95 Å². The maximum atomic E-state index is 13.1. The van der Waals surface area contributed by atoms with Crippen molar-refractivity contribution in [3.8, 4) is 23.1 Å². The summed E-state index contributed by atoms with van der Waals surface area (Å²) in [5.41, 5.74) is 1.83. The van der Waals surface area contributed by atoms with E-state index in [1.54, 1.807) is 44.7 Å². The van der Waals surface area contributed by atoms with Crippen LogP contribution in [0, 0.1) is 0 Å². The zero-order chi connectivity index (χ0) is 21.6. The molecule has 0 bridgehead atoms. The van der Waals surface area contributed by atoms with Crippen LogP contribution in [0.5, 0.6) is 11.5 Å². The van der Waals surface area contributed by atoms with Crippen molar-refractivity contribution >= 4 is 11.9 Å². The molecule has 0 unspecified atom stereocenters. The van der Waals surface area contributed by atoms with Crippen LogP contribution < -0.4 is 14.8 Å². The quantitative estimate of drug-likeness (QED) is 0.461. The molecule has 0 saturated heterocycles. The minimum atomic E-state index is -0.243. The van der Waals surface area contributed by atoms with Gasteiger partial charge in [0.25, 0.3) is 5.91 Å². The Morgan fingerprint density at radius 3 is 2.52 bits per heavy atom. The number of furan rings is 1. The van der Waals surface area contributed by atoms with Gasteiger partial charge < -0.3 is 19.2 Å². The molecule has 0 fully saturated rings. The second-order valence-corrected chi connectivity index (χ2v) is 6.75. The zero-order valence-electron chi connectivity index (χ0n) is 17.2. The number of ether oxygens (including phenoxy) is 2. The summed E-state index contributed by atoms with van der Waals surface area (Å²) in [7, 11) is 3.13. The predicted molar refractivity (Wildman–Crippen MR) is 115 cm³/mol. The molecule has 8 heteroatoms. The highest BCUT2D eigenvalue weighted by Crippen LogP contribution is 2.28. The predicted octanol–water partition coefficient (Wildman–Crippen LogP) is 4.05. The molecule has 0 amide bonds. The van der Waals surface area contributed by atoms with Crippen molar-refractivity contribution in [3.05, 3.63) is 78.1 Å². The summed E-state index contributed by atoms with van der Waals surface area (Å²) in [6, 6.07) is 18.7. The Kier molecular flexibility index (Phi) is 5.98. The summed E-state index contributed by atoms with van der Waals surface area (Å²) >= 11 is 0. The van der Waals surface area contributed by atoms with Crippen LogP contribution in [-0.2, 0) is 13.0 Å². The van der Waals surface area contributed by atoms with Crippen LogP contribution in [0.15, 0.2) is 71.3 Å². The summed E-state index contributed by atoms with van der Waals surface area (Å²) in [5.74, 6) is 2.09. The van der Waals surface area contributed by atoms with Crippen molar-refractivity contribution in [2.75, 3.05) is 19.5 Å². The lowest BCUT2D eigenvalue weighted by molar-refractivity contribution is 0.0901. The first-order valence-corrected chi connectivity index (χ1v) is 9.71. The van der Waals surface area contributed by atoms with Gasteiger partial charge in [-0.3, -0.25) is 4.79 Å². The van der Waals surface area contributed by atoms with Gasteiger partial charge >= 0.3 is 0 Å². The molecule has 0 atom stereocenters. The van der Waals surface area contributed by atoms with E-state index in [0.717, 1.165) is 11.1 Å². The van der Waals surface area contributed by atoms with Gasteiger partial charge in [-0.05, 0) is 35.4 Å². The number of benzene rings is 2. The van der Waals surface area contributed by atoms with Gasteiger partial charge in [-0.25, -0.2) is 0 Å². The minimum Gasteiger partial charge on any atom is -0.493 e. The van der Waals surface area contributed by atoms with Gasteiger partial charge in [-0.1, -0.05) is 36.4 Å². The Bertz CT molecular complexity index is 1150. The van der Waals surface area contributed by atoms with Crippen molar-refractivity contribution < 1.29 is 18.7 Å².